The number of benzene rings is 1. The fraction of sp³-hybridized carbons (Fsp3) is 0. The highest BCUT2D eigenvalue weighted by atomic mass is 35.5. The Bertz CT molecular complexity index is 1300. The number of aromatic nitrogens is 6. The molecular weight excluding hydrogens is 379 g/mol. The molecule has 0 radical (unpaired) electrons. The normalized spacial score (nSPS) is 11.2. The Morgan fingerprint density at radius 1 is 0.929 bits per heavy atom. The summed E-state index contributed by atoms with van der Waals surface area (Å²) in [7, 11) is 0. The van der Waals surface area contributed by atoms with Gasteiger partial charge in [0, 0.05) is 34.1 Å². The zero-order valence-electron chi connectivity index (χ0n) is 14.3. The quantitative estimate of drug-likeness (QED) is 0.460. The van der Waals surface area contributed by atoms with Crippen molar-refractivity contribution >= 4 is 22.6 Å². The lowest BCUT2D eigenvalue weighted by Crippen LogP contribution is -1.92. The van der Waals surface area contributed by atoms with Crippen molar-refractivity contribution in [1.29, 1.82) is 0 Å². The smallest absolute Gasteiger partial charge is 0.132 e. The van der Waals surface area contributed by atoms with E-state index in [0.717, 1.165) is 16.6 Å². The highest BCUT2D eigenvalue weighted by Crippen LogP contribution is 2.32. The van der Waals surface area contributed by atoms with E-state index < -0.39 is 5.82 Å². The number of nitrogens with zero attached hydrogens (tertiary/aromatic N) is 4. The zero-order valence-corrected chi connectivity index (χ0v) is 15.1. The number of H-pyrrole nitrogens is 2. The van der Waals surface area contributed by atoms with Crippen LogP contribution in [0.5, 0.6) is 0 Å². The van der Waals surface area contributed by atoms with Crippen LogP contribution in [0.15, 0.2) is 61.3 Å². The van der Waals surface area contributed by atoms with E-state index in [1.807, 2.05) is 18.2 Å². The van der Waals surface area contributed by atoms with E-state index in [1.165, 1.54) is 18.5 Å². The molecule has 28 heavy (non-hydrogen) atoms. The summed E-state index contributed by atoms with van der Waals surface area (Å²) in [5, 5.41) is 7.19. The second kappa shape index (κ2) is 6.54. The first-order chi connectivity index (χ1) is 13.7. The van der Waals surface area contributed by atoms with Crippen molar-refractivity contribution in [3.63, 3.8) is 0 Å². The number of halogens is 2. The molecule has 0 unspecified atom stereocenters. The highest BCUT2D eigenvalue weighted by Gasteiger charge is 2.16. The number of hydrogen-bond acceptors (Lipinski definition) is 4. The van der Waals surface area contributed by atoms with Crippen LogP contribution in [0.25, 0.3) is 44.8 Å². The lowest BCUT2D eigenvalue weighted by atomic mass is 10.1. The number of hydrogen-bond donors (Lipinski definition) is 2. The number of fused-ring (bicyclic) bond motifs is 1. The van der Waals surface area contributed by atoms with Crippen LogP contribution in [-0.4, -0.2) is 30.1 Å². The third kappa shape index (κ3) is 2.82. The standard InChI is InChI=1S/C20H12ClFN6/c21-13-1-2-15(22)14(6-13)19-20(25-10-24-19)17-4-3-16-18(28-17)5-11(7-23-16)12-8-26-27-9-12/h1-10H,(H,24,25)(H,26,27). The maximum absolute atomic E-state index is 14.3. The minimum absolute atomic E-state index is 0.316. The fourth-order valence-electron chi connectivity index (χ4n) is 3.09. The third-order valence-electron chi connectivity index (χ3n) is 4.45. The predicted molar refractivity (Wildman–Crippen MR) is 105 cm³/mol. The summed E-state index contributed by atoms with van der Waals surface area (Å²) in [4.78, 5) is 16.5. The van der Waals surface area contributed by atoms with Crippen LogP contribution in [0.2, 0.25) is 5.02 Å². The van der Waals surface area contributed by atoms with Crippen LogP contribution in [0, 0.1) is 5.82 Å². The monoisotopic (exact) mass is 390 g/mol. The van der Waals surface area contributed by atoms with E-state index in [0.29, 0.717) is 33.2 Å². The van der Waals surface area contributed by atoms with Crippen molar-refractivity contribution in [2.75, 3.05) is 0 Å². The summed E-state index contributed by atoms with van der Waals surface area (Å²) >= 11 is 6.04. The number of nitrogens with one attached hydrogen (secondary N) is 2. The first kappa shape index (κ1) is 16.6. The predicted octanol–water partition coefficient (Wildman–Crippen LogP) is 4.87. The summed E-state index contributed by atoms with van der Waals surface area (Å²) in [5.74, 6) is -0.401. The molecule has 0 spiro atoms. The van der Waals surface area contributed by atoms with E-state index in [-0.39, 0.29) is 0 Å². The molecule has 0 saturated heterocycles. The summed E-state index contributed by atoms with van der Waals surface area (Å²) in [6.45, 7) is 0. The van der Waals surface area contributed by atoms with Crippen LogP contribution in [0.3, 0.4) is 0 Å². The Kier molecular flexibility index (Phi) is 3.87. The molecule has 6 nitrogen and oxygen atoms in total. The molecule has 4 aromatic heterocycles. The number of pyridine rings is 2. The molecule has 0 aliphatic rings. The van der Waals surface area contributed by atoms with Gasteiger partial charge >= 0.3 is 0 Å². The van der Waals surface area contributed by atoms with E-state index in [1.54, 1.807) is 24.7 Å². The number of imidazole rings is 1. The van der Waals surface area contributed by atoms with E-state index in [2.05, 4.69) is 25.1 Å². The summed E-state index contributed by atoms with van der Waals surface area (Å²) in [6, 6.07) is 10.0. The SMILES string of the molecule is Fc1ccc(Cl)cc1-c1nc[nH]c1-c1ccc2ncc(-c3cn[nH]c3)cc2n1. The number of rotatable bonds is 3. The van der Waals surface area contributed by atoms with E-state index >= 15 is 0 Å². The average molecular weight is 391 g/mol. The van der Waals surface area contributed by atoms with Gasteiger partial charge in [0.1, 0.15) is 11.5 Å². The second-order valence-electron chi connectivity index (χ2n) is 6.20. The molecule has 8 heteroatoms. The highest BCUT2D eigenvalue weighted by molar-refractivity contribution is 6.30. The third-order valence-corrected chi connectivity index (χ3v) is 4.68. The van der Waals surface area contributed by atoms with Crippen molar-refractivity contribution in [3.05, 3.63) is 72.2 Å². The molecule has 4 heterocycles. The molecule has 1 aromatic carbocycles. The van der Waals surface area contributed by atoms with Crippen molar-refractivity contribution in [3.8, 4) is 33.8 Å². The van der Waals surface area contributed by atoms with E-state index in [4.69, 9.17) is 16.6 Å². The molecule has 0 aliphatic heterocycles. The minimum Gasteiger partial charge on any atom is -0.343 e. The summed E-state index contributed by atoms with van der Waals surface area (Å²) in [6.07, 6.45) is 6.80. The van der Waals surface area contributed by atoms with Gasteiger partial charge in [-0.3, -0.25) is 10.1 Å². The Balaban J connectivity index is 1.64. The first-order valence-corrected chi connectivity index (χ1v) is 8.82. The molecule has 0 saturated carbocycles. The molecule has 136 valence electrons. The number of aromatic amines is 2. The van der Waals surface area contributed by atoms with Crippen LogP contribution >= 0.6 is 11.6 Å². The van der Waals surface area contributed by atoms with Crippen LogP contribution in [0.1, 0.15) is 0 Å². The largest absolute Gasteiger partial charge is 0.343 e. The molecule has 0 bridgehead atoms. The van der Waals surface area contributed by atoms with Gasteiger partial charge in [0.15, 0.2) is 0 Å². The van der Waals surface area contributed by atoms with E-state index in [9.17, 15) is 4.39 Å². The van der Waals surface area contributed by atoms with Crippen LogP contribution in [-0.2, 0) is 0 Å². The summed E-state index contributed by atoms with van der Waals surface area (Å²) in [5.41, 5.74) is 5.29. The Labute approximate surface area is 163 Å². The topological polar surface area (TPSA) is 83.1 Å². The summed E-state index contributed by atoms with van der Waals surface area (Å²) < 4.78 is 14.3. The van der Waals surface area contributed by atoms with Crippen molar-refractivity contribution in [2.45, 2.75) is 0 Å². The minimum atomic E-state index is -0.401. The second-order valence-corrected chi connectivity index (χ2v) is 6.63. The lowest BCUT2D eigenvalue weighted by Gasteiger charge is -2.06. The lowest BCUT2D eigenvalue weighted by molar-refractivity contribution is 0.631. The molecule has 0 fully saturated rings. The molecule has 5 aromatic rings. The maximum atomic E-state index is 14.3. The van der Waals surface area contributed by atoms with Crippen molar-refractivity contribution in [2.24, 2.45) is 0 Å². The van der Waals surface area contributed by atoms with Gasteiger partial charge in [0.25, 0.3) is 0 Å². The Morgan fingerprint density at radius 2 is 1.86 bits per heavy atom. The van der Waals surface area contributed by atoms with Gasteiger partial charge in [-0.15, -0.1) is 0 Å². The zero-order chi connectivity index (χ0) is 19.1. The van der Waals surface area contributed by atoms with Gasteiger partial charge in [-0.1, -0.05) is 11.6 Å². The molecule has 0 atom stereocenters. The van der Waals surface area contributed by atoms with Gasteiger partial charge in [0.2, 0.25) is 0 Å². The van der Waals surface area contributed by atoms with Gasteiger partial charge in [-0.25, -0.2) is 14.4 Å². The maximum Gasteiger partial charge on any atom is 0.132 e. The first-order valence-electron chi connectivity index (χ1n) is 8.44. The Morgan fingerprint density at radius 3 is 2.71 bits per heavy atom. The molecule has 5 rings (SSSR count). The van der Waals surface area contributed by atoms with Crippen LogP contribution in [0.4, 0.5) is 4.39 Å². The average Bonchev–Trinajstić information content (AvgIpc) is 3.41. The fourth-order valence-corrected chi connectivity index (χ4v) is 3.26. The molecule has 0 aliphatic carbocycles. The van der Waals surface area contributed by atoms with Gasteiger partial charge in [0.05, 0.1) is 34.9 Å². The van der Waals surface area contributed by atoms with Crippen molar-refractivity contribution in [1.82, 2.24) is 30.1 Å². The van der Waals surface area contributed by atoms with Gasteiger partial charge in [-0.05, 0) is 36.4 Å². The molecule has 0 amide bonds. The van der Waals surface area contributed by atoms with Gasteiger partial charge in [-0.2, -0.15) is 5.10 Å². The molecular formula is C20H12ClFN6. The van der Waals surface area contributed by atoms with Crippen molar-refractivity contribution < 1.29 is 4.39 Å². The Hall–Kier alpha value is -3.58. The molecule has 2 N–H and O–H groups in total. The van der Waals surface area contributed by atoms with Gasteiger partial charge < -0.3 is 4.98 Å². The van der Waals surface area contributed by atoms with Crippen LogP contribution < -0.4 is 0 Å².